The highest BCUT2D eigenvalue weighted by Crippen LogP contribution is 2.43. The zero-order valence-electron chi connectivity index (χ0n) is 23.1. The second kappa shape index (κ2) is 13.2. The molecular formula is C33H37BrN2O5. The number of hydrogen-bond acceptors (Lipinski definition) is 6. The van der Waals surface area contributed by atoms with E-state index in [0.29, 0.717) is 43.9 Å². The van der Waals surface area contributed by atoms with Crippen LogP contribution in [0.5, 0.6) is 5.75 Å². The van der Waals surface area contributed by atoms with E-state index in [1.165, 1.54) is 0 Å². The van der Waals surface area contributed by atoms with Crippen LogP contribution in [0, 0.1) is 0 Å². The van der Waals surface area contributed by atoms with Crippen molar-refractivity contribution < 1.29 is 24.5 Å². The molecule has 216 valence electrons. The van der Waals surface area contributed by atoms with Gasteiger partial charge in [0.15, 0.2) is 11.6 Å². The lowest BCUT2D eigenvalue weighted by atomic mass is 9.81. The first-order chi connectivity index (χ1) is 19.9. The quantitative estimate of drug-likeness (QED) is 0.245. The number of rotatable bonds is 11. The van der Waals surface area contributed by atoms with E-state index in [1.54, 1.807) is 0 Å². The molecular weight excluding hydrogens is 584 g/mol. The molecule has 8 heteroatoms. The molecule has 2 atom stereocenters. The number of aliphatic imine (C=N–C) groups is 1. The summed E-state index contributed by atoms with van der Waals surface area (Å²) in [5.41, 5.74) is 0.316. The highest BCUT2D eigenvalue weighted by molar-refractivity contribution is 9.10. The average Bonchev–Trinajstić information content (AvgIpc) is 3.39. The van der Waals surface area contributed by atoms with Crippen molar-refractivity contribution in [1.29, 1.82) is 0 Å². The zero-order valence-corrected chi connectivity index (χ0v) is 24.7. The fourth-order valence-corrected chi connectivity index (χ4v) is 5.87. The standard InChI is InChI=1S/C33H37BrN2O5/c34-27-14-10-24(11-15-27)22-33(31(38)35-23-32(39)18-5-2-6-19-32)29(25-8-3-1-4-9-25)41-30(36-33)26-12-16-28(17-13-26)40-21-7-20-37/h1,3-4,8-17,29,37,39H,2,5-7,18-23H2,(H,35,38)/t29-,33-/m1/s1. The third-order valence-electron chi connectivity index (χ3n) is 7.88. The number of nitrogens with one attached hydrogen (secondary N) is 1. The van der Waals surface area contributed by atoms with E-state index in [1.807, 2.05) is 78.9 Å². The van der Waals surface area contributed by atoms with Crippen molar-refractivity contribution in [3.8, 4) is 5.75 Å². The first-order valence-corrected chi connectivity index (χ1v) is 15.1. The van der Waals surface area contributed by atoms with E-state index in [2.05, 4.69) is 21.2 Å². The molecule has 1 aliphatic heterocycles. The van der Waals surface area contributed by atoms with Gasteiger partial charge in [0.2, 0.25) is 5.90 Å². The molecule has 1 fully saturated rings. The Balaban J connectivity index is 1.51. The van der Waals surface area contributed by atoms with Gasteiger partial charge in [0.1, 0.15) is 5.75 Å². The van der Waals surface area contributed by atoms with Gasteiger partial charge in [-0.25, -0.2) is 4.99 Å². The Morgan fingerprint density at radius 1 is 1.00 bits per heavy atom. The Hall–Kier alpha value is -3.20. The molecule has 0 bridgehead atoms. The van der Waals surface area contributed by atoms with Gasteiger partial charge in [-0.15, -0.1) is 0 Å². The molecule has 5 rings (SSSR count). The molecule has 3 aromatic rings. The summed E-state index contributed by atoms with van der Waals surface area (Å²) in [7, 11) is 0. The van der Waals surface area contributed by atoms with Crippen LogP contribution in [0.4, 0.5) is 0 Å². The topological polar surface area (TPSA) is 100 Å². The lowest BCUT2D eigenvalue weighted by Crippen LogP contribution is -2.54. The fourth-order valence-electron chi connectivity index (χ4n) is 5.61. The number of hydrogen-bond donors (Lipinski definition) is 3. The summed E-state index contributed by atoms with van der Waals surface area (Å²) in [4.78, 5) is 19.4. The van der Waals surface area contributed by atoms with Gasteiger partial charge < -0.3 is 25.0 Å². The molecule has 0 spiro atoms. The van der Waals surface area contributed by atoms with Crippen LogP contribution in [0.15, 0.2) is 88.3 Å². The second-order valence-electron chi connectivity index (χ2n) is 11.0. The molecule has 1 heterocycles. The minimum absolute atomic E-state index is 0.0729. The van der Waals surface area contributed by atoms with Crippen molar-refractivity contribution in [1.82, 2.24) is 5.32 Å². The van der Waals surface area contributed by atoms with E-state index >= 15 is 0 Å². The minimum atomic E-state index is -1.30. The third kappa shape index (κ3) is 7.00. The number of ether oxygens (including phenoxy) is 2. The summed E-state index contributed by atoms with van der Waals surface area (Å²) < 4.78 is 13.2. The maximum absolute atomic E-state index is 14.3. The molecule has 0 radical (unpaired) electrons. The predicted molar refractivity (Wildman–Crippen MR) is 162 cm³/mol. The van der Waals surface area contributed by atoms with Gasteiger partial charge in [-0.2, -0.15) is 0 Å². The summed E-state index contributed by atoms with van der Waals surface area (Å²) in [5.74, 6) is 0.789. The normalized spacial score (nSPS) is 21.5. The molecule has 3 aromatic carbocycles. The van der Waals surface area contributed by atoms with E-state index in [0.717, 1.165) is 40.4 Å². The summed E-state index contributed by atoms with van der Waals surface area (Å²) in [6.45, 7) is 0.676. The SMILES string of the molecule is O=C(NCC1(O)CCCCC1)[C@]1(Cc2ccc(Br)cc2)N=C(c2ccc(OCCCO)cc2)O[C@@H]1c1ccccc1. The van der Waals surface area contributed by atoms with Crippen molar-refractivity contribution in [3.63, 3.8) is 0 Å². The molecule has 3 N–H and O–H groups in total. The number of carbonyl (C=O) groups excluding carboxylic acids is 1. The van der Waals surface area contributed by atoms with Gasteiger partial charge in [0.05, 0.1) is 12.2 Å². The number of carbonyl (C=O) groups is 1. The number of benzene rings is 3. The van der Waals surface area contributed by atoms with Crippen molar-refractivity contribution in [2.24, 2.45) is 4.99 Å². The maximum Gasteiger partial charge on any atom is 0.252 e. The molecule has 0 aromatic heterocycles. The Morgan fingerprint density at radius 3 is 2.39 bits per heavy atom. The van der Waals surface area contributed by atoms with Gasteiger partial charge in [-0.1, -0.05) is 77.7 Å². The summed E-state index contributed by atoms with van der Waals surface area (Å²) in [5, 5.41) is 23.3. The average molecular weight is 622 g/mol. The lowest BCUT2D eigenvalue weighted by molar-refractivity contribution is -0.130. The molecule has 41 heavy (non-hydrogen) atoms. The largest absolute Gasteiger partial charge is 0.494 e. The highest BCUT2D eigenvalue weighted by Gasteiger charge is 2.53. The Kier molecular flexibility index (Phi) is 9.42. The predicted octanol–water partition coefficient (Wildman–Crippen LogP) is 5.52. The monoisotopic (exact) mass is 620 g/mol. The Labute approximate surface area is 249 Å². The van der Waals surface area contributed by atoms with Gasteiger partial charge in [-0.3, -0.25) is 4.79 Å². The van der Waals surface area contributed by atoms with Crippen LogP contribution in [0.2, 0.25) is 0 Å². The number of nitrogens with zero attached hydrogens (tertiary/aromatic N) is 1. The summed E-state index contributed by atoms with van der Waals surface area (Å²) in [6.07, 6.45) is 4.55. The Morgan fingerprint density at radius 2 is 1.71 bits per heavy atom. The maximum atomic E-state index is 14.3. The molecule has 0 saturated heterocycles. The molecule has 7 nitrogen and oxygen atoms in total. The zero-order chi connectivity index (χ0) is 28.7. The summed E-state index contributed by atoms with van der Waals surface area (Å²) in [6, 6.07) is 25.0. The molecule has 1 amide bonds. The number of aliphatic hydroxyl groups excluding tert-OH is 1. The van der Waals surface area contributed by atoms with Crippen LogP contribution in [0.3, 0.4) is 0 Å². The van der Waals surface area contributed by atoms with Crippen LogP contribution in [-0.4, -0.2) is 52.9 Å². The van der Waals surface area contributed by atoms with Crippen LogP contribution >= 0.6 is 15.9 Å². The number of halogens is 1. The van der Waals surface area contributed by atoms with Crippen molar-refractivity contribution in [3.05, 3.63) is 100 Å². The van der Waals surface area contributed by atoms with E-state index in [4.69, 9.17) is 19.6 Å². The van der Waals surface area contributed by atoms with Crippen molar-refractivity contribution in [2.45, 2.75) is 62.2 Å². The molecule has 1 aliphatic carbocycles. The van der Waals surface area contributed by atoms with Crippen molar-refractivity contribution >= 4 is 27.7 Å². The second-order valence-corrected chi connectivity index (χ2v) is 11.9. The van der Waals surface area contributed by atoms with Gasteiger partial charge in [0, 0.05) is 36.0 Å². The Bertz CT molecular complexity index is 1320. The van der Waals surface area contributed by atoms with Crippen molar-refractivity contribution in [2.75, 3.05) is 19.8 Å². The van der Waals surface area contributed by atoms with Gasteiger partial charge in [-0.05, 0) is 60.4 Å². The van der Waals surface area contributed by atoms with Crippen LogP contribution in [-0.2, 0) is 16.0 Å². The van der Waals surface area contributed by atoms with Gasteiger partial charge >= 0.3 is 0 Å². The minimum Gasteiger partial charge on any atom is -0.494 e. The third-order valence-corrected chi connectivity index (χ3v) is 8.41. The van der Waals surface area contributed by atoms with E-state index < -0.39 is 17.2 Å². The van der Waals surface area contributed by atoms with Gasteiger partial charge in [0.25, 0.3) is 5.91 Å². The van der Waals surface area contributed by atoms with E-state index in [9.17, 15) is 9.90 Å². The molecule has 2 aliphatic rings. The summed E-state index contributed by atoms with van der Waals surface area (Å²) >= 11 is 3.51. The first kappa shape index (κ1) is 29.3. The molecule has 1 saturated carbocycles. The smallest absolute Gasteiger partial charge is 0.252 e. The lowest BCUT2D eigenvalue weighted by Gasteiger charge is -2.35. The fraction of sp³-hybridized carbons (Fsp3) is 0.394. The number of amides is 1. The first-order valence-electron chi connectivity index (χ1n) is 14.3. The van der Waals surface area contributed by atoms with E-state index in [-0.39, 0.29) is 19.1 Å². The highest BCUT2D eigenvalue weighted by atomic mass is 79.9. The van der Waals surface area contributed by atoms with Crippen LogP contribution in [0.1, 0.15) is 61.3 Å². The molecule has 0 unspecified atom stereocenters. The number of aliphatic hydroxyl groups is 2. The van der Waals surface area contributed by atoms with Crippen LogP contribution < -0.4 is 10.1 Å². The van der Waals surface area contributed by atoms with Crippen LogP contribution in [0.25, 0.3) is 0 Å².